The Morgan fingerprint density at radius 2 is 0.898 bits per heavy atom. The summed E-state index contributed by atoms with van der Waals surface area (Å²) in [5, 5.41) is 9.76. The van der Waals surface area contributed by atoms with Crippen LogP contribution in [0, 0.1) is 0 Å². The zero-order valence-electron chi connectivity index (χ0n) is 26.8. The van der Waals surface area contributed by atoms with Crippen molar-refractivity contribution in [3.63, 3.8) is 0 Å². The highest BCUT2D eigenvalue weighted by Gasteiger charge is 2.17. The van der Waals surface area contributed by atoms with E-state index >= 15 is 0 Å². The van der Waals surface area contributed by atoms with Gasteiger partial charge in [-0.1, -0.05) is 122 Å². The lowest BCUT2D eigenvalue weighted by atomic mass is 9.98. The highest BCUT2D eigenvalue weighted by molar-refractivity contribution is 7.79. The van der Waals surface area contributed by atoms with Gasteiger partial charge in [-0.3, -0.25) is 0 Å². The molecule has 0 aliphatic rings. The van der Waals surface area contributed by atoms with Crippen LogP contribution in [-0.2, 0) is 0 Å². The molecule has 0 saturated carbocycles. The van der Waals surface area contributed by atoms with Crippen molar-refractivity contribution in [2.45, 2.75) is 0 Å². The highest BCUT2D eigenvalue weighted by atomic mass is 31.1. The van der Waals surface area contributed by atoms with E-state index in [1.165, 1.54) is 32.2 Å². The van der Waals surface area contributed by atoms with E-state index in [-0.39, 0.29) is 0 Å². The second-order valence-corrected chi connectivity index (χ2v) is 14.5. The molecule has 2 heterocycles. The monoisotopic (exact) mass is 646 g/mol. The van der Waals surface area contributed by atoms with Gasteiger partial charge in [0.2, 0.25) is 0 Å². The summed E-state index contributed by atoms with van der Waals surface area (Å²) in [5.74, 6) is 0.740. The van der Waals surface area contributed by atoms with Gasteiger partial charge in [-0.15, -0.1) is 0 Å². The van der Waals surface area contributed by atoms with Crippen molar-refractivity contribution in [1.29, 1.82) is 0 Å². The number of fused-ring (bicyclic) bond motifs is 5. The molecular weight excluding hydrogens is 615 g/mol. The molecule has 2 aromatic heterocycles. The van der Waals surface area contributed by atoms with Crippen LogP contribution in [0.1, 0.15) is 11.3 Å². The van der Waals surface area contributed by atoms with Crippen LogP contribution in [-0.4, -0.2) is 0 Å². The predicted octanol–water partition coefficient (Wildman–Crippen LogP) is 11.9. The van der Waals surface area contributed by atoms with Crippen LogP contribution < -0.4 is 15.9 Å². The number of furan rings is 2. The van der Waals surface area contributed by atoms with Crippen LogP contribution in [0.2, 0.25) is 0 Å². The lowest BCUT2D eigenvalue weighted by Gasteiger charge is -2.20. The molecule has 0 aliphatic heterocycles. The lowest BCUT2D eigenvalue weighted by Crippen LogP contribution is -2.20. The van der Waals surface area contributed by atoms with Crippen LogP contribution in [0.3, 0.4) is 0 Å². The van der Waals surface area contributed by atoms with Crippen molar-refractivity contribution < 1.29 is 8.83 Å². The van der Waals surface area contributed by atoms with E-state index in [4.69, 9.17) is 8.83 Å². The van der Waals surface area contributed by atoms with E-state index < -0.39 is 7.92 Å². The van der Waals surface area contributed by atoms with Crippen LogP contribution in [0.4, 0.5) is 0 Å². The van der Waals surface area contributed by atoms with E-state index in [1.807, 2.05) is 12.1 Å². The first-order valence-corrected chi connectivity index (χ1v) is 17.7. The molecule has 9 rings (SSSR count). The van der Waals surface area contributed by atoms with Gasteiger partial charge >= 0.3 is 0 Å². The summed E-state index contributed by atoms with van der Waals surface area (Å²) in [6, 6.07) is 54.7. The smallest absolute Gasteiger partial charge is 0.135 e. The van der Waals surface area contributed by atoms with Gasteiger partial charge in [-0.05, 0) is 111 Å². The summed E-state index contributed by atoms with van der Waals surface area (Å²) >= 11 is 0. The Morgan fingerprint density at radius 3 is 1.47 bits per heavy atom. The summed E-state index contributed by atoms with van der Waals surface area (Å²) < 4.78 is 12.3. The van der Waals surface area contributed by atoms with Crippen LogP contribution in [0.25, 0.3) is 78.1 Å². The molecule has 0 saturated heterocycles. The topological polar surface area (TPSA) is 26.3 Å². The third kappa shape index (κ3) is 5.10. The highest BCUT2D eigenvalue weighted by Crippen LogP contribution is 2.38. The summed E-state index contributed by atoms with van der Waals surface area (Å²) in [6.45, 7) is 7.89. The first-order valence-electron chi connectivity index (χ1n) is 16.4. The normalized spacial score (nSPS) is 11.6. The molecule has 0 amide bonds. The predicted molar refractivity (Wildman–Crippen MR) is 211 cm³/mol. The van der Waals surface area contributed by atoms with Gasteiger partial charge in [0.15, 0.2) is 0 Å². The molecular formula is C46H31O2P. The third-order valence-electron chi connectivity index (χ3n) is 9.39. The number of hydrogen-bond donors (Lipinski definition) is 0. The molecule has 0 aliphatic carbocycles. The number of hydrogen-bond acceptors (Lipinski definition) is 2. The Morgan fingerprint density at radius 1 is 0.408 bits per heavy atom. The van der Waals surface area contributed by atoms with Gasteiger partial charge in [-0.2, -0.15) is 0 Å². The average molecular weight is 647 g/mol. The maximum Gasteiger partial charge on any atom is 0.135 e. The zero-order chi connectivity index (χ0) is 32.9. The van der Waals surface area contributed by atoms with Crippen molar-refractivity contribution in [2.75, 3.05) is 0 Å². The Balaban J connectivity index is 1.09. The molecule has 0 bridgehead atoms. The van der Waals surface area contributed by atoms with Gasteiger partial charge in [-0.25, -0.2) is 0 Å². The molecule has 0 atom stereocenters. The van der Waals surface area contributed by atoms with Crippen LogP contribution >= 0.6 is 7.92 Å². The SMILES string of the molecule is C=Cc1oc2ccc(-c3ccc4oc5ccc(-c6ccc7cc(P(c8ccccc8)c8ccccc8)ccc7c6)cc5c4c3)cc2c1C=C. The molecule has 0 spiro atoms. The maximum atomic E-state index is 6.30. The molecule has 2 nitrogen and oxygen atoms in total. The Labute approximate surface area is 286 Å². The lowest BCUT2D eigenvalue weighted by molar-refractivity contribution is 0.603. The third-order valence-corrected chi connectivity index (χ3v) is 11.8. The minimum Gasteiger partial charge on any atom is -0.456 e. The Kier molecular flexibility index (Phi) is 7.11. The van der Waals surface area contributed by atoms with Gasteiger partial charge in [0, 0.05) is 21.7 Å². The fourth-order valence-electron chi connectivity index (χ4n) is 6.97. The second kappa shape index (κ2) is 11.9. The minimum absolute atomic E-state index is 0.657. The van der Waals surface area contributed by atoms with Gasteiger partial charge < -0.3 is 8.83 Å². The Bertz CT molecular complexity index is 2660. The maximum absolute atomic E-state index is 6.30. The fourth-order valence-corrected chi connectivity index (χ4v) is 9.29. The average Bonchev–Trinajstić information content (AvgIpc) is 3.72. The quantitative estimate of drug-likeness (QED) is 0.161. The first-order chi connectivity index (χ1) is 24.2. The van der Waals surface area contributed by atoms with Crippen molar-refractivity contribution in [3.05, 3.63) is 176 Å². The fraction of sp³-hybridized carbons (Fsp3) is 0. The van der Waals surface area contributed by atoms with E-state index in [9.17, 15) is 0 Å². The van der Waals surface area contributed by atoms with Gasteiger partial charge in [0.05, 0.1) is 0 Å². The molecule has 0 fully saturated rings. The molecule has 0 radical (unpaired) electrons. The van der Waals surface area contributed by atoms with E-state index in [2.05, 4.69) is 159 Å². The van der Waals surface area contributed by atoms with Crippen molar-refractivity contribution in [2.24, 2.45) is 0 Å². The molecule has 9 aromatic rings. The molecule has 0 N–H and O–H groups in total. The van der Waals surface area contributed by atoms with E-state index in [1.54, 1.807) is 6.08 Å². The molecule has 232 valence electrons. The van der Waals surface area contributed by atoms with Crippen molar-refractivity contribution >= 4 is 79.7 Å². The molecule has 49 heavy (non-hydrogen) atoms. The Hall–Kier alpha value is -5.95. The summed E-state index contributed by atoms with van der Waals surface area (Å²) in [4.78, 5) is 0. The van der Waals surface area contributed by atoms with Gasteiger partial charge in [0.25, 0.3) is 0 Å². The van der Waals surface area contributed by atoms with Crippen LogP contribution in [0.5, 0.6) is 0 Å². The summed E-state index contributed by atoms with van der Waals surface area (Å²) in [6.07, 6.45) is 3.57. The molecule has 3 heteroatoms. The minimum atomic E-state index is -0.657. The molecule has 0 unspecified atom stereocenters. The zero-order valence-corrected chi connectivity index (χ0v) is 27.7. The largest absolute Gasteiger partial charge is 0.456 e. The van der Waals surface area contributed by atoms with E-state index in [0.717, 1.165) is 60.9 Å². The van der Waals surface area contributed by atoms with Crippen LogP contribution in [0.15, 0.2) is 174 Å². The summed E-state index contributed by atoms with van der Waals surface area (Å²) in [7, 11) is -0.657. The van der Waals surface area contributed by atoms with Crippen molar-refractivity contribution in [3.8, 4) is 22.3 Å². The van der Waals surface area contributed by atoms with Crippen molar-refractivity contribution in [1.82, 2.24) is 0 Å². The van der Waals surface area contributed by atoms with Gasteiger partial charge in [0.1, 0.15) is 22.5 Å². The number of rotatable bonds is 7. The first kappa shape index (κ1) is 29.2. The number of benzene rings is 7. The van der Waals surface area contributed by atoms with E-state index in [0.29, 0.717) is 0 Å². The standard InChI is InChI=1S/C46H31O2P/c1-3-39-40-27-34(19-22-44(40)47-43(39)4-2)35-20-24-46-42(29-35)41-28-33(18-23-45(41)48-46)30-15-16-32-26-38(21-17-31(32)25-30)49(36-11-7-5-8-12-36)37-13-9-6-10-14-37/h3-29H,1-2H2. The second-order valence-electron chi connectivity index (χ2n) is 12.3. The molecule has 7 aromatic carbocycles. The summed E-state index contributed by atoms with van der Waals surface area (Å²) in [5.41, 5.74) is 8.12.